The van der Waals surface area contributed by atoms with Crippen molar-refractivity contribution < 1.29 is 4.39 Å². The Labute approximate surface area is 101 Å². The third-order valence-electron chi connectivity index (χ3n) is 3.29. The van der Waals surface area contributed by atoms with Crippen LogP contribution in [0.5, 0.6) is 0 Å². The van der Waals surface area contributed by atoms with Crippen molar-refractivity contribution in [1.82, 2.24) is 5.32 Å². The first-order chi connectivity index (χ1) is 7.70. The van der Waals surface area contributed by atoms with Gasteiger partial charge in [-0.1, -0.05) is 17.7 Å². The first-order valence-electron chi connectivity index (χ1n) is 5.82. The standard InChI is InChI=1S/C13H17ClFN/c1-16-13(10-4-5-10)7-3-9-2-6-12(15)11(14)8-9/h2,6,8,10,13,16H,3-5,7H2,1H3. The summed E-state index contributed by atoms with van der Waals surface area (Å²) in [7, 11) is 2.01. The lowest BCUT2D eigenvalue weighted by Gasteiger charge is -2.15. The van der Waals surface area contributed by atoms with Crippen LogP contribution < -0.4 is 5.32 Å². The first-order valence-corrected chi connectivity index (χ1v) is 6.19. The van der Waals surface area contributed by atoms with Crippen LogP contribution >= 0.6 is 11.6 Å². The Hall–Kier alpha value is -0.600. The molecule has 0 spiro atoms. The predicted molar refractivity (Wildman–Crippen MR) is 65.3 cm³/mol. The lowest BCUT2D eigenvalue weighted by molar-refractivity contribution is 0.470. The maximum absolute atomic E-state index is 13.0. The van der Waals surface area contributed by atoms with Crippen LogP contribution in [0.25, 0.3) is 0 Å². The Morgan fingerprint density at radius 1 is 1.50 bits per heavy atom. The molecule has 1 atom stereocenters. The Bertz CT molecular complexity index is 363. The Morgan fingerprint density at radius 3 is 2.81 bits per heavy atom. The van der Waals surface area contributed by atoms with Gasteiger partial charge >= 0.3 is 0 Å². The first kappa shape index (κ1) is 11.9. The van der Waals surface area contributed by atoms with E-state index < -0.39 is 0 Å². The highest BCUT2D eigenvalue weighted by Gasteiger charge is 2.29. The predicted octanol–water partition coefficient (Wildman–Crippen LogP) is 3.41. The molecule has 1 nitrogen and oxygen atoms in total. The van der Waals surface area contributed by atoms with Crippen LogP contribution in [0.3, 0.4) is 0 Å². The summed E-state index contributed by atoms with van der Waals surface area (Å²) in [4.78, 5) is 0. The average Bonchev–Trinajstić information content (AvgIpc) is 3.08. The number of benzene rings is 1. The molecule has 0 radical (unpaired) electrons. The minimum Gasteiger partial charge on any atom is -0.317 e. The second-order valence-corrected chi connectivity index (χ2v) is 4.93. The average molecular weight is 242 g/mol. The summed E-state index contributed by atoms with van der Waals surface area (Å²) in [5.41, 5.74) is 1.12. The minimum absolute atomic E-state index is 0.227. The molecule has 0 aromatic heterocycles. The minimum atomic E-state index is -0.335. The summed E-state index contributed by atoms with van der Waals surface area (Å²) >= 11 is 5.75. The van der Waals surface area contributed by atoms with E-state index in [9.17, 15) is 4.39 Å². The zero-order valence-corrected chi connectivity index (χ0v) is 10.2. The lowest BCUT2D eigenvalue weighted by atomic mass is 10.0. The smallest absolute Gasteiger partial charge is 0.141 e. The van der Waals surface area contributed by atoms with E-state index in [4.69, 9.17) is 11.6 Å². The van der Waals surface area contributed by atoms with Crippen molar-refractivity contribution in [2.24, 2.45) is 5.92 Å². The quantitative estimate of drug-likeness (QED) is 0.833. The van der Waals surface area contributed by atoms with Gasteiger partial charge in [-0.15, -0.1) is 0 Å². The Balaban J connectivity index is 1.90. The van der Waals surface area contributed by atoms with Crippen molar-refractivity contribution in [3.63, 3.8) is 0 Å². The van der Waals surface area contributed by atoms with Crippen LogP contribution in [0.15, 0.2) is 18.2 Å². The van der Waals surface area contributed by atoms with E-state index in [0.717, 1.165) is 24.3 Å². The van der Waals surface area contributed by atoms with Crippen molar-refractivity contribution >= 4 is 11.6 Å². The van der Waals surface area contributed by atoms with Crippen molar-refractivity contribution in [1.29, 1.82) is 0 Å². The fourth-order valence-electron chi connectivity index (χ4n) is 2.13. The second-order valence-electron chi connectivity index (χ2n) is 4.52. The van der Waals surface area contributed by atoms with Crippen molar-refractivity contribution in [2.45, 2.75) is 31.7 Å². The third-order valence-corrected chi connectivity index (χ3v) is 3.58. The fraction of sp³-hybridized carbons (Fsp3) is 0.538. The van der Waals surface area contributed by atoms with Crippen molar-refractivity contribution in [3.8, 4) is 0 Å². The molecule has 2 rings (SSSR count). The summed E-state index contributed by atoms with van der Waals surface area (Å²) in [6, 6.07) is 5.60. The van der Waals surface area contributed by atoms with Gasteiger partial charge in [-0.2, -0.15) is 0 Å². The number of hydrogen-bond donors (Lipinski definition) is 1. The Kier molecular flexibility index (Phi) is 3.82. The van der Waals surface area contributed by atoms with Gasteiger partial charge in [-0.05, 0) is 56.3 Å². The van der Waals surface area contributed by atoms with Gasteiger partial charge in [0.05, 0.1) is 5.02 Å². The van der Waals surface area contributed by atoms with Crippen molar-refractivity contribution in [2.75, 3.05) is 7.05 Å². The molecule has 1 N–H and O–H groups in total. The molecule has 0 bridgehead atoms. The maximum atomic E-state index is 13.0. The van der Waals surface area contributed by atoms with E-state index in [1.54, 1.807) is 6.07 Å². The number of hydrogen-bond acceptors (Lipinski definition) is 1. The van der Waals surface area contributed by atoms with Gasteiger partial charge in [-0.25, -0.2) is 4.39 Å². The van der Waals surface area contributed by atoms with E-state index in [-0.39, 0.29) is 10.8 Å². The van der Waals surface area contributed by atoms with Crippen LogP contribution in [0, 0.1) is 11.7 Å². The molecule has 1 aromatic rings. The molecule has 1 unspecified atom stereocenters. The molecule has 16 heavy (non-hydrogen) atoms. The molecule has 88 valence electrons. The number of rotatable bonds is 5. The van der Waals surface area contributed by atoms with E-state index in [2.05, 4.69) is 5.32 Å². The third kappa shape index (κ3) is 2.96. The van der Waals surface area contributed by atoms with Gasteiger partial charge in [0.1, 0.15) is 5.82 Å². The summed E-state index contributed by atoms with van der Waals surface area (Å²) in [6.07, 6.45) is 4.75. The molecule has 0 amide bonds. The summed E-state index contributed by atoms with van der Waals surface area (Å²) < 4.78 is 13.0. The summed E-state index contributed by atoms with van der Waals surface area (Å²) in [5, 5.41) is 3.58. The SMILES string of the molecule is CNC(CCc1ccc(F)c(Cl)c1)C1CC1. The summed E-state index contributed by atoms with van der Waals surface area (Å²) in [6.45, 7) is 0. The molecule has 3 heteroatoms. The molecular formula is C13H17ClFN. The molecule has 1 aliphatic rings. The lowest BCUT2D eigenvalue weighted by Crippen LogP contribution is -2.27. The highest BCUT2D eigenvalue weighted by atomic mass is 35.5. The van der Waals surface area contributed by atoms with Gasteiger partial charge in [0.15, 0.2) is 0 Å². The maximum Gasteiger partial charge on any atom is 0.141 e. The molecule has 1 saturated carbocycles. The van der Waals surface area contributed by atoms with Crippen LogP contribution in [0.2, 0.25) is 5.02 Å². The molecule has 0 aliphatic heterocycles. The van der Waals surface area contributed by atoms with Gasteiger partial charge < -0.3 is 5.32 Å². The molecule has 0 heterocycles. The molecule has 1 aliphatic carbocycles. The van der Waals surface area contributed by atoms with Crippen molar-refractivity contribution in [3.05, 3.63) is 34.6 Å². The van der Waals surface area contributed by atoms with Gasteiger partial charge in [-0.3, -0.25) is 0 Å². The second kappa shape index (κ2) is 5.15. The Morgan fingerprint density at radius 2 is 2.25 bits per heavy atom. The van der Waals surface area contributed by atoms with Crippen LogP contribution in [-0.4, -0.2) is 13.1 Å². The van der Waals surface area contributed by atoms with Crippen LogP contribution in [-0.2, 0) is 6.42 Å². The summed E-state index contributed by atoms with van der Waals surface area (Å²) in [5.74, 6) is 0.513. The number of aryl methyl sites for hydroxylation is 1. The zero-order chi connectivity index (χ0) is 11.5. The highest BCUT2D eigenvalue weighted by Crippen LogP contribution is 2.34. The van der Waals surface area contributed by atoms with Crippen LogP contribution in [0.4, 0.5) is 4.39 Å². The van der Waals surface area contributed by atoms with E-state index >= 15 is 0 Å². The molecule has 1 aromatic carbocycles. The largest absolute Gasteiger partial charge is 0.317 e. The van der Waals surface area contributed by atoms with E-state index in [0.29, 0.717) is 6.04 Å². The monoisotopic (exact) mass is 241 g/mol. The number of nitrogens with one attached hydrogen (secondary N) is 1. The topological polar surface area (TPSA) is 12.0 Å². The highest BCUT2D eigenvalue weighted by molar-refractivity contribution is 6.30. The van der Waals surface area contributed by atoms with Gasteiger partial charge in [0.25, 0.3) is 0 Å². The van der Waals surface area contributed by atoms with Gasteiger partial charge in [0, 0.05) is 6.04 Å². The molecular weight excluding hydrogens is 225 g/mol. The van der Waals surface area contributed by atoms with Gasteiger partial charge in [0.2, 0.25) is 0 Å². The fourth-order valence-corrected chi connectivity index (χ4v) is 2.33. The number of halogens is 2. The molecule has 1 fully saturated rings. The van der Waals surface area contributed by atoms with E-state index in [1.807, 2.05) is 13.1 Å². The molecule has 0 saturated heterocycles. The zero-order valence-electron chi connectivity index (χ0n) is 9.47. The van der Waals surface area contributed by atoms with E-state index in [1.165, 1.54) is 18.9 Å². The van der Waals surface area contributed by atoms with Crippen LogP contribution in [0.1, 0.15) is 24.8 Å². The normalized spacial score (nSPS) is 17.4.